The van der Waals surface area contributed by atoms with E-state index in [0.29, 0.717) is 54.4 Å². The lowest BCUT2D eigenvalue weighted by atomic mass is 10.2. The van der Waals surface area contributed by atoms with Crippen molar-refractivity contribution in [2.24, 2.45) is 41.0 Å². The molecule has 12 bridgehead atoms. The number of rotatable bonds is 3. The number of fused-ring (bicyclic) bond motifs is 12. The summed E-state index contributed by atoms with van der Waals surface area (Å²) >= 11 is 0. The molecule has 0 aromatic carbocycles. The molecule has 69 heavy (non-hydrogen) atoms. The van der Waals surface area contributed by atoms with Gasteiger partial charge in [-0.05, 0) is 56.1 Å². The van der Waals surface area contributed by atoms with Crippen LogP contribution in [0.5, 0.6) is 0 Å². The fraction of sp³-hybridized carbons (Fsp3) is 0.311. The van der Waals surface area contributed by atoms with E-state index in [9.17, 15) is 38.4 Å². The van der Waals surface area contributed by atoms with Gasteiger partial charge >= 0.3 is 0 Å². The van der Waals surface area contributed by atoms with Crippen LogP contribution in [-0.2, 0) is 51.4 Å². The average molecular weight is 947 g/mol. The number of hydrogen-bond donors (Lipinski definition) is 9. The second-order valence-electron chi connectivity index (χ2n) is 16.5. The second kappa shape index (κ2) is 20.9. The van der Waals surface area contributed by atoms with E-state index in [2.05, 4.69) is 47.5 Å². The largest absolute Gasteiger partial charge is 0.351 e. The van der Waals surface area contributed by atoms with Crippen LogP contribution in [0, 0.1) is 0 Å². The number of hydrogen-bond acceptors (Lipinski definition) is 10. The summed E-state index contributed by atoms with van der Waals surface area (Å²) in [5, 5.41) is 22.2. The maximum absolute atomic E-state index is 13.5. The molecule has 0 unspecified atom stereocenters. The highest BCUT2D eigenvalue weighted by Crippen LogP contribution is 2.22. The van der Waals surface area contributed by atoms with Crippen LogP contribution < -0.4 is 48.3 Å². The van der Waals surface area contributed by atoms with Gasteiger partial charge in [-0.25, -0.2) is 4.98 Å². The number of imidazole rings is 1. The number of nitrogens with one attached hydrogen (secondary N) is 8. The molecule has 0 spiro atoms. The van der Waals surface area contributed by atoms with Crippen LogP contribution in [0.4, 0.5) is 34.3 Å². The van der Waals surface area contributed by atoms with Crippen molar-refractivity contribution in [2.75, 3.05) is 51.5 Å². The van der Waals surface area contributed by atoms with E-state index in [-0.39, 0.29) is 78.4 Å². The number of carbonyl (C=O) groups excluding carboxylic acids is 8. The SMILES string of the molecule is Cn1cc2cc1C(=O)NCCCC(=O)Nc1cc(n(C)c1)C(=O)Nc1cc(n(C)c1)C(=O)Nc1cc(n(CCCN)c1)C(=O)NCCCC(=O)Nc1cn(C)c(n1)C(=O)Nc1cc(n(C)c1)C(=O)N2. The third-order valence-electron chi connectivity index (χ3n) is 11.1. The monoisotopic (exact) mass is 946 g/mol. The van der Waals surface area contributed by atoms with E-state index in [1.807, 2.05) is 0 Å². The topological polar surface area (TPSA) is 301 Å². The van der Waals surface area contributed by atoms with Gasteiger partial charge in [0.1, 0.15) is 28.5 Å². The summed E-state index contributed by atoms with van der Waals surface area (Å²) in [5.74, 6) is -3.59. The van der Waals surface area contributed by atoms with Crippen LogP contribution in [0.15, 0.2) is 67.5 Å². The Morgan fingerprint density at radius 2 is 0.855 bits per heavy atom. The summed E-state index contributed by atoms with van der Waals surface area (Å²) < 4.78 is 9.27. The zero-order valence-electron chi connectivity index (χ0n) is 38.7. The lowest BCUT2D eigenvalue weighted by Gasteiger charge is -2.09. The number of aromatic nitrogens is 7. The molecule has 362 valence electrons. The first-order chi connectivity index (χ1) is 33.0. The standard InChI is InChI=1S/C45H54N16O8/c1-56-21-27-16-31(56)40(64)47-12-6-9-37(62)49-26-15-32(57(2)20-26)42(66)51-28-17-33(58(3)22-28)44(68)52-30-19-35(61(24-30)14-8-11-46)41(65)48-13-7-10-38(63)54-36-25-60(5)39(55-36)45(69)53-29-18-34(43(67)50-27)59(4)23-29/h15-25H,6-14,46H2,1-5H3,(H,47,64)(H,48,65)(H,49,62)(H,50,67)(H,51,66)(H,52,68)(H,53,69)(H,54,63). The minimum atomic E-state index is -0.601. The highest BCUT2D eigenvalue weighted by Gasteiger charge is 2.22. The number of nitrogens with two attached hydrogens (primary N) is 1. The Hall–Kier alpha value is -8.67. The van der Waals surface area contributed by atoms with E-state index >= 15 is 0 Å². The molecule has 6 aromatic rings. The predicted molar refractivity (Wildman–Crippen MR) is 255 cm³/mol. The van der Waals surface area contributed by atoms with Crippen molar-refractivity contribution >= 4 is 81.5 Å². The normalized spacial score (nSPS) is 15.2. The zero-order chi connectivity index (χ0) is 49.5. The molecule has 0 radical (unpaired) electrons. The fourth-order valence-electron chi connectivity index (χ4n) is 7.67. The summed E-state index contributed by atoms with van der Waals surface area (Å²) in [5.41, 5.74) is 8.62. The molecule has 0 fully saturated rings. The molecule has 8 amide bonds. The number of carbonyl (C=O) groups is 8. The van der Waals surface area contributed by atoms with Gasteiger partial charge in [0.15, 0.2) is 5.82 Å². The van der Waals surface area contributed by atoms with Crippen molar-refractivity contribution in [1.82, 2.24) is 43.0 Å². The number of nitrogens with zero attached hydrogens (tertiary/aromatic N) is 7. The van der Waals surface area contributed by atoms with E-state index in [0.717, 1.165) is 0 Å². The quantitative estimate of drug-likeness (QED) is 0.125. The molecule has 0 atom stereocenters. The van der Waals surface area contributed by atoms with Gasteiger partial charge in [-0.15, -0.1) is 0 Å². The van der Waals surface area contributed by atoms with E-state index in [1.54, 1.807) is 84.5 Å². The second-order valence-corrected chi connectivity index (χ2v) is 16.5. The first-order valence-corrected chi connectivity index (χ1v) is 22.0. The number of amides is 8. The fourth-order valence-corrected chi connectivity index (χ4v) is 7.67. The Balaban J connectivity index is 1.06. The third-order valence-corrected chi connectivity index (χ3v) is 11.1. The van der Waals surface area contributed by atoms with E-state index in [1.165, 1.54) is 45.7 Å². The Kier molecular flexibility index (Phi) is 14.6. The first kappa shape index (κ1) is 48.3. The summed E-state index contributed by atoms with van der Waals surface area (Å²) in [6.45, 7) is 1.07. The summed E-state index contributed by atoms with van der Waals surface area (Å²) in [6, 6.07) is 7.54. The highest BCUT2D eigenvalue weighted by atomic mass is 16.2. The van der Waals surface area contributed by atoms with Crippen molar-refractivity contribution in [3.8, 4) is 0 Å². The van der Waals surface area contributed by atoms with Gasteiger partial charge in [-0.1, -0.05) is 0 Å². The molecule has 0 saturated heterocycles. The van der Waals surface area contributed by atoms with Gasteiger partial charge in [0.05, 0.1) is 28.4 Å². The van der Waals surface area contributed by atoms with Crippen molar-refractivity contribution in [3.05, 3.63) is 102 Å². The molecule has 7 rings (SSSR count). The highest BCUT2D eigenvalue weighted by molar-refractivity contribution is 6.09. The van der Waals surface area contributed by atoms with Crippen molar-refractivity contribution in [2.45, 2.75) is 38.6 Å². The van der Waals surface area contributed by atoms with Crippen LogP contribution >= 0.6 is 0 Å². The Morgan fingerprint density at radius 3 is 1.33 bits per heavy atom. The average Bonchev–Trinajstić information content (AvgIpc) is 4.16. The molecule has 7 heterocycles. The smallest absolute Gasteiger partial charge is 0.291 e. The predicted octanol–water partition coefficient (Wildman–Crippen LogP) is 2.54. The minimum absolute atomic E-state index is 0.0174. The Bertz CT molecular complexity index is 2980. The lowest BCUT2D eigenvalue weighted by Crippen LogP contribution is -2.27. The molecule has 24 heteroatoms. The molecule has 10 N–H and O–H groups in total. The van der Waals surface area contributed by atoms with Gasteiger partial charge in [0.2, 0.25) is 17.6 Å². The first-order valence-electron chi connectivity index (χ1n) is 22.0. The molecular weight excluding hydrogens is 893 g/mol. The van der Waals surface area contributed by atoms with E-state index in [4.69, 9.17) is 5.73 Å². The van der Waals surface area contributed by atoms with Crippen LogP contribution in [0.1, 0.15) is 95.2 Å². The summed E-state index contributed by atoms with van der Waals surface area (Å²) in [6.07, 6.45) is 10.6. The molecule has 0 aliphatic carbocycles. The van der Waals surface area contributed by atoms with Gasteiger partial charge < -0.3 is 75.7 Å². The van der Waals surface area contributed by atoms with E-state index < -0.39 is 41.4 Å². The summed E-state index contributed by atoms with van der Waals surface area (Å²) in [7, 11) is 8.15. The van der Waals surface area contributed by atoms with Crippen molar-refractivity contribution in [3.63, 3.8) is 0 Å². The van der Waals surface area contributed by atoms with Gasteiger partial charge in [0.25, 0.3) is 35.4 Å². The molecule has 1 aliphatic rings. The number of anilines is 6. The molecule has 1 aliphatic heterocycles. The van der Waals surface area contributed by atoms with Crippen LogP contribution in [0.3, 0.4) is 0 Å². The van der Waals surface area contributed by atoms with Gasteiger partial charge in [0, 0.05) is 105 Å². The Labute approximate surface area is 395 Å². The Morgan fingerprint density at radius 1 is 0.464 bits per heavy atom. The molecule has 24 nitrogen and oxygen atoms in total. The van der Waals surface area contributed by atoms with Crippen molar-refractivity contribution < 1.29 is 38.4 Å². The maximum Gasteiger partial charge on any atom is 0.291 e. The zero-order valence-corrected chi connectivity index (χ0v) is 38.7. The van der Waals surface area contributed by atoms with Crippen LogP contribution in [0.25, 0.3) is 0 Å². The molecule has 0 saturated carbocycles. The van der Waals surface area contributed by atoms with Gasteiger partial charge in [-0.3, -0.25) is 38.4 Å². The summed E-state index contributed by atoms with van der Waals surface area (Å²) in [4.78, 5) is 110. The van der Waals surface area contributed by atoms with Crippen molar-refractivity contribution in [1.29, 1.82) is 0 Å². The molecular formula is C45H54N16O8. The van der Waals surface area contributed by atoms with Crippen LogP contribution in [0.2, 0.25) is 0 Å². The van der Waals surface area contributed by atoms with Gasteiger partial charge in [-0.2, -0.15) is 0 Å². The maximum atomic E-state index is 13.5. The minimum Gasteiger partial charge on any atom is -0.351 e. The number of aryl methyl sites for hydroxylation is 6. The third kappa shape index (κ3) is 11.7. The van der Waals surface area contributed by atoms with Crippen LogP contribution in [-0.4, -0.2) is 99.3 Å². The lowest BCUT2D eigenvalue weighted by molar-refractivity contribution is -0.117. The molecule has 6 aromatic heterocycles.